The van der Waals surface area contributed by atoms with Gasteiger partial charge in [0.1, 0.15) is 6.33 Å². The average molecular weight is 180 g/mol. The summed E-state index contributed by atoms with van der Waals surface area (Å²) in [5.74, 6) is 0.975. The molecule has 0 saturated heterocycles. The maximum absolute atomic E-state index is 11.2. The second-order valence-corrected chi connectivity index (χ2v) is 3.27. The van der Waals surface area contributed by atoms with Crippen LogP contribution in [0.2, 0.25) is 0 Å². The van der Waals surface area contributed by atoms with Crippen LogP contribution in [0.25, 0.3) is 0 Å². The molecule has 0 bridgehead atoms. The number of carbonyl (C=O) groups excluding carboxylic acids is 1. The van der Waals surface area contributed by atoms with Gasteiger partial charge in [0.25, 0.3) is 0 Å². The maximum atomic E-state index is 11.2. The van der Waals surface area contributed by atoms with Crippen molar-refractivity contribution in [2.75, 3.05) is 6.54 Å². The molecule has 2 rings (SSSR count). The van der Waals surface area contributed by atoms with Gasteiger partial charge in [0, 0.05) is 20.0 Å². The zero-order valence-corrected chi connectivity index (χ0v) is 7.77. The lowest BCUT2D eigenvalue weighted by Crippen LogP contribution is -2.39. The molecule has 5 nitrogen and oxygen atoms in total. The highest BCUT2D eigenvalue weighted by molar-refractivity contribution is 5.73. The lowest BCUT2D eigenvalue weighted by Gasteiger charge is -2.32. The fourth-order valence-corrected chi connectivity index (χ4v) is 1.74. The Balaban J connectivity index is 2.32. The van der Waals surface area contributed by atoms with E-state index in [2.05, 4.69) is 10.2 Å². The molecule has 0 N–H and O–H groups in total. The minimum atomic E-state index is 0.0498. The molecule has 1 aliphatic heterocycles. The molecule has 0 radical (unpaired) electrons. The van der Waals surface area contributed by atoms with E-state index >= 15 is 0 Å². The summed E-state index contributed by atoms with van der Waals surface area (Å²) in [5, 5.41) is 7.81. The highest BCUT2D eigenvalue weighted by atomic mass is 16.2. The Labute approximate surface area is 76.4 Å². The first-order valence-electron chi connectivity index (χ1n) is 4.35. The summed E-state index contributed by atoms with van der Waals surface area (Å²) in [5.41, 5.74) is 0. The minimum Gasteiger partial charge on any atom is -0.331 e. The van der Waals surface area contributed by atoms with Gasteiger partial charge in [0.2, 0.25) is 5.91 Å². The molecule has 0 spiro atoms. The van der Waals surface area contributed by atoms with Crippen LogP contribution in [0, 0.1) is 0 Å². The molecule has 0 aliphatic carbocycles. The van der Waals surface area contributed by atoms with Crippen LogP contribution in [0.3, 0.4) is 0 Å². The van der Waals surface area contributed by atoms with Gasteiger partial charge in [-0.15, -0.1) is 10.2 Å². The quantitative estimate of drug-likeness (QED) is 0.573. The van der Waals surface area contributed by atoms with Crippen molar-refractivity contribution < 1.29 is 4.79 Å². The Bertz CT molecular complexity index is 333. The number of rotatable bonds is 0. The number of hydrogen-bond acceptors (Lipinski definition) is 3. The van der Waals surface area contributed by atoms with Crippen LogP contribution in [0.4, 0.5) is 0 Å². The maximum Gasteiger partial charge on any atom is 0.220 e. The molecular formula is C8H12N4O. The van der Waals surface area contributed by atoms with Crippen molar-refractivity contribution >= 4 is 5.91 Å². The summed E-state index contributed by atoms with van der Waals surface area (Å²) >= 11 is 0. The third-order valence-electron chi connectivity index (χ3n) is 2.47. The predicted octanol–water partition coefficient (Wildman–Crippen LogP) is 0.201. The molecule has 2 heterocycles. The molecule has 70 valence electrons. The van der Waals surface area contributed by atoms with Gasteiger partial charge in [0.15, 0.2) is 5.82 Å². The van der Waals surface area contributed by atoms with Gasteiger partial charge in [-0.3, -0.25) is 4.79 Å². The van der Waals surface area contributed by atoms with Crippen LogP contribution < -0.4 is 0 Å². The average Bonchev–Trinajstić information content (AvgIpc) is 2.52. The number of fused-ring (bicyclic) bond motifs is 1. The van der Waals surface area contributed by atoms with Gasteiger partial charge in [-0.2, -0.15) is 0 Å². The Morgan fingerprint density at radius 3 is 3.08 bits per heavy atom. The van der Waals surface area contributed by atoms with E-state index in [4.69, 9.17) is 0 Å². The van der Waals surface area contributed by atoms with Crippen LogP contribution in [-0.2, 0) is 11.3 Å². The van der Waals surface area contributed by atoms with Crippen LogP contribution in [0.5, 0.6) is 0 Å². The van der Waals surface area contributed by atoms with Crippen molar-refractivity contribution in [2.45, 2.75) is 26.4 Å². The molecule has 1 aliphatic rings. The van der Waals surface area contributed by atoms with Crippen molar-refractivity contribution in [3.63, 3.8) is 0 Å². The van der Waals surface area contributed by atoms with Crippen LogP contribution in [0.1, 0.15) is 25.7 Å². The molecule has 1 atom stereocenters. The summed E-state index contributed by atoms with van der Waals surface area (Å²) in [6, 6.07) is 0.0498. The van der Waals surface area contributed by atoms with E-state index in [0.717, 1.165) is 18.9 Å². The van der Waals surface area contributed by atoms with Gasteiger partial charge in [-0.05, 0) is 6.92 Å². The number of nitrogens with zero attached hydrogens (tertiary/aromatic N) is 4. The molecular weight excluding hydrogens is 168 g/mol. The fraction of sp³-hybridized carbons (Fsp3) is 0.625. The number of carbonyl (C=O) groups is 1. The molecule has 1 aromatic heterocycles. The highest BCUT2D eigenvalue weighted by Crippen LogP contribution is 2.21. The van der Waals surface area contributed by atoms with Crippen LogP contribution in [-0.4, -0.2) is 32.1 Å². The highest BCUT2D eigenvalue weighted by Gasteiger charge is 2.26. The zero-order valence-electron chi connectivity index (χ0n) is 7.77. The summed E-state index contributed by atoms with van der Waals surface area (Å²) < 4.78 is 1.99. The number of amides is 1. The molecule has 0 saturated carbocycles. The first-order chi connectivity index (χ1) is 6.20. The standard InChI is InChI=1S/C8H12N4O/c1-6-8-10-9-5-11(8)3-4-12(6)7(2)13/h5-6H,3-4H2,1-2H3. The first kappa shape index (κ1) is 8.22. The van der Waals surface area contributed by atoms with Crippen LogP contribution >= 0.6 is 0 Å². The monoisotopic (exact) mass is 180 g/mol. The van der Waals surface area contributed by atoms with Crippen molar-refractivity contribution in [1.29, 1.82) is 0 Å². The van der Waals surface area contributed by atoms with Gasteiger partial charge >= 0.3 is 0 Å². The van der Waals surface area contributed by atoms with Gasteiger partial charge in [0.05, 0.1) is 6.04 Å². The number of hydrogen-bond donors (Lipinski definition) is 0. The van der Waals surface area contributed by atoms with E-state index in [1.165, 1.54) is 0 Å². The van der Waals surface area contributed by atoms with Crippen molar-refractivity contribution in [2.24, 2.45) is 0 Å². The van der Waals surface area contributed by atoms with Crippen molar-refractivity contribution in [3.8, 4) is 0 Å². The van der Waals surface area contributed by atoms with E-state index in [1.807, 2.05) is 16.4 Å². The Kier molecular flexibility index (Phi) is 1.79. The van der Waals surface area contributed by atoms with Gasteiger partial charge in [-0.25, -0.2) is 0 Å². The molecule has 1 unspecified atom stereocenters. The molecule has 0 fully saturated rings. The summed E-state index contributed by atoms with van der Waals surface area (Å²) in [6.45, 7) is 5.11. The lowest BCUT2D eigenvalue weighted by atomic mass is 10.2. The fourth-order valence-electron chi connectivity index (χ4n) is 1.74. The van der Waals surface area contributed by atoms with E-state index in [0.29, 0.717) is 0 Å². The van der Waals surface area contributed by atoms with Crippen molar-refractivity contribution in [3.05, 3.63) is 12.2 Å². The van der Waals surface area contributed by atoms with Crippen LogP contribution in [0.15, 0.2) is 6.33 Å². The second kappa shape index (κ2) is 2.83. The molecule has 5 heteroatoms. The Hall–Kier alpha value is -1.39. The SMILES string of the molecule is CC(=O)N1CCn2cnnc2C1C. The van der Waals surface area contributed by atoms with Gasteiger partial charge < -0.3 is 9.47 Å². The predicted molar refractivity (Wildman–Crippen MR) is 45.8 cm³/mol. The first-order valence-corrected chi connectivity index (χ1v) is 4.35. The van der Waals surface area contributed by atoms with E-state index < -0.39 is 0 Å². The summed E-state index contributed by atoms with van der Waals surface area (Å²) in [7, 11) is 0. The van der Waals surface area contributed by atoms with E-state index in [1.54, 1.807) is 13.3 Å². The summed E-state index contributed by atoms with van der Waals surface area (Å²) in [4.78, 5) is 13.0. The largest absolute Gasteiger partial charge is 0.331 e. The Morgan fingerprint density at radius 1 is 1.62 bits per heavy atom. The third kappa shape index (κ3) is 1.20. The molecule has 0 aromatic carbocycles. The normalized spacial score (nSPS) is 21.4. The zero-order chi connectivity index (χ0) is 9.42. The van der Waals surface area contributed by atoms with E-state index in [9.17, 15) is 4.79 Å². The number of aromatic nitrogens is 3. The summed E-state index contributed by atoms with van der Waals surface area (Å²) in [6.07, 6.45) is 1.71. The van der Waals surface area contributed by atoms with E-state index in [-0.39, 0.29) is 11.9 Å². The minimum absolute atomic E-state index is 0.0498. The Morgan fingerprint density at radius 2 is 2.38 bits per heavy atom. The smallest absolute Gasteiger partial charge is 0.220 e. The lowest BCUT2D eigenvalue weighted by molar-refractivity contribution is -0.132. The van der Waals surface area contributed by atoms with Crippen molar-refractivity contribution in [1.82, 2.24) is 19.7 Å². The topological polar surface area (TPSA) is 51.0 Å². The third-order valence-corrected chi connectivity index (χ3v) is 2.47. The second-order valence-electron chi connectivity index (χ2n) is 3.27. The molecule has 1 amide bonds. The molecule has 13 heavy (non-hydrogen) atoms. The van der Waals surface area contributed by atoms with Gasteiger partial charge in [-0.1, -0.05) is 0 Å². The molecule has 1 aromatic rings.